The van der Waals surface area contributed by atoms with Gasteiger partial charge in [-0.25, -0.2) is 0 Å². The van der Waals surface area contributed by atoms with Crippen LogP contribution in [0.1, 0.15) is 119 Å². The second-order valence-corrected chi connectivity index (χ2v) is 15.3. The molecule has 0 radical (unpaired) electrons. The number of carboxylic acids is 1. The molecule has 5 aliphatic rings. The maximum atomic E-state index is 13.5. The van der Waals surface area contributed by atoms with Crippen LogP contribution in [0.3, 0.4) is 0 Å². The Morgan fingerprint density at radius 2 is 1.42 bits per heavy atom. The Morgan fingerprint density at radius 1 is 0.758 bits per heavy atom. The lowest BCUT2D eigenvalue weighted by atomic mass is 9.31. The molecule has 0 unspecified atom stereocenters. The summed E-state index contributed by atoms with van der Waals surface area (Å²) in [6.07, 6.45) is 12.4. The van der Waals surface area contributed by atoms with E-state index in [2.05, 4.69) is 34.6 Å². The van der Waals surface area contributed by atoms with E-state index < -0.39 is 17.0 Å². The van der Waals surface area contributed by atoms with E-state index in [9.17, 15) is 15.0 Å². The molecule has 9 atom stereocenters. The lowest BCUT2D eigenvalue weighted by Gasteiger charge is -2.72. The number of aliphatic carboxylic acids is 1. The van der Waals surface area contributed by atoms with Gasteiger partial charge in [0.15, 0.2) is 0 Å². The molecule has 0 bridgehead atoms. The molecule has 0 aromatic heterocycles. The second kappa shape index (κ2) is 7.01. The van der Waals surface area contributed by atoms with Crippen LogP contribution in [0, 0.1) is 56.7 Å². The van der Waals surface area contributed by atoms with Gasteiger partial charge < -0.3 is 10.2 Å². The molecule has 0 amide bonds. The molecule has 5 rings (SSSR count). The lowest BCUT2D eigenvalue weighted by Crippen LogP contribution is -2.69. The predicted molar refractivity (Wildman–Crippen MR) is 133 cm³/mol. The van der Waals surface area contributed by atoms with Crippen LogP contribution in [0.4, 0.5) is 0 Å². The molecular weight excluding hydrogens is 408 g/mol. The maximum absolute atomic E-state index is 13.5. The molecule has 5 aliphatic carbocycles. The Kier molecular flexibility index (Phi) is 5.13. The van der Waals surface area contributed by atoms with Crippen molar-refractivity contribution in [3.8, 4) is 0 Å². The molecule has 3 nitrogen and oxygen atoms in total. The van der Waals surface area contributed by atoms with Crippen molar-refractivity contribution < 1.29 is 15.0 Å². The van der Waals surface area contributed by atoms with Crippen molar-refractivity contribution in [3.05, 3.63) is 0 Å². The van der Waals surface area contributed by atoms with E-state index in [4.69, 9.17) is 0 Å². The number of carboxylic acid groups (broad SMARTS) is 1. The quantitative estimate of drug-likeness (QED) is 0.456. The summed E-state index contributed by atoms with van der Waals surface area (Å²) < 4.78 is 0. The average molecular weight is 459 g/mol. The average Bonchev–Trinajstić information content (AvgIpc) is 3.04. The fraction of sp³-hybridized carbons (Fsp3) is 0.967. The van der Waals surface area contributed by atoms with Crippen LogP contribution < -0.4 is 0 Å². The molecule has 3 heteroatoms. The van der Waals surface area contributed by atoms with Gasteiger partial charge in [-0.2, -0.15) is 0 Å². The highest BCUT2D eigenvalue weighted by molar-refractivity contribution is 5.77. The normalized spacial score (nSPS) is 53.4. The molecule has 0 saturated heterocycles. The third-order valence-corrected chi connectivity index (χ3v) is 13.4. The molecule has 0 heterocycles. The van der Waals surface area contributed by atoms with Gasteiger partial charge in [-0.05, 0) is 129 Å². The summed E-state index contributed by atoms with van der Waals surface area (Å²) in [7, 11) is 0. The summed E-state index contributed by atoms with van der Waals surface area (Å²) in [6.45, 7) is 16.3. The summed E-state index contributed by atoms with van der Waals surface area (Å²) in [5, 5.41) is 22.1. The maximum Gasteiger partial charge on any atom is 0.310 e. The van der Waals surface area contributed by atoms with Crippen LogP contribution >= 0.6 is 0 Å². The van der Waals surface area contributed by atoms with Crippen molar-refractivity contribution in [2.75, 3.05) is 0 Å². The molecule has 5 saturated carbocycles. The Balaban J connectivity index is 1.59. The summed E-state index contributed by atoms with van der Waals surface area (Å²) in [5.41, 5.74) is -0.723. The standard InChI is InChI=1S/C30H50O3/c1-25(2)14-8-15-28(6)21(25)13-17-29(7)22(28)9-10-23-27(5)16-11-19(26(3,4)33)20(27)12-18-30(23,29)24(31)32/h19-23,33H,8-18H2,1-7H3,(H,31,32)/t19-,20-,21+,22+,23+,27-,28-,29+,30+/m0/s1. The predicted octanol–water partition coefficient (Wildman–Crippen LogP) is 7.31. The fourth-order valence-electron chi connectivity index (χ4n) is 12.2. The highest BCUT2D eigenvalue weighted by atomic mass is 16.4. The summed E-state index contributed by atoms with van der Waals surface area (Å²) >= 11 is 0. The van der Waals surface area contributed by atoms with E-state index in [0.717, 1.165) is 44.4 Å². The van der Waals surface area contributed by atoms with Crippen molar-refractivity contribution in [1.82, 2.24) is 0 Å². The first-order valence-corrected chi connectivity index (χ1v) is 14.1. The van der Waals surface area contributed by atoms with E-state index in [1.807, 2.05) is 13.8 Å². The van der Waals surface area contributed by atoms with E-state index in [1.54, 1.807) is 0 Å². The zero-order chi connectivity index (χ0) is 24.2. The third-order valence-electron chi connectivity index (χ3n) is 13.4. The monoisotopic (exact) mass is 458 g/mol. The van der Waals surface area contributed by atoms with E-state index in [-0.39, 0.29) is 22.2 Å². The van der Waals surface area contributed by atoms with Crippen LogP contribution in [-0.4, -0.2) is 21.8 Å². The van der Waals surface area contributed by atoms with Gasteiger partial charge >= 0.3 is 5.97 Å². The SMILES string of the molecule is CC(C)(O)[C@H]1CC[C@]2(C)[C@H]3CC[C@@H]4[C@@]5(C)CCCC(C)(C)[C@H]5CC[C@@]4(C)[C@]3(C(=O)O)CC[C@@H]12. The van der Waals surface area contributed by atoms with E-state index in [0.29, 0.717) is 23.2 Å². The highest BCUT2D eigenvalue weighted by Crippen LogP contribution is 2.78. The fourth-order valence-corrected chi connectivity index (χ4v) is 12.2. The van der Waals surface area contributed by atoms with Crippen LogP contribution in [0.5, 0.6) is 0 Å². The summed E-state index contributed by atoms with van der Waals surface area (Å²) in [5.74, 6) is 1.73. The minimum Gasteiger partial charge on any atom is -0.481 e. The van der Waals surface area contributed by atoms with E-state index >= 15 is 0 Å². The first-order valence-electron chi connectivity index (χ1n) is 14.1. The molecule has 0 spiro atoms. The second-order valence-electron chi connectivity index (χ2n) is 15.3. The number of aliphatic hydroxyl groups is 1. The van der Waals surface area contributed by atoms with Gasteiger partial charge in [0.25, 0.3) is 0 Å². The molecule has 0 aromatic carbocycles. The number of hydrogen-bond acceptors (Lipinski definition) is 2. The third kappa shape index (κ3) is 2.87. The Labute approximate surface area is 202 Å². The Morgan fingerprint density at radius 3 is 2.06 bits per heavy atom. The molecule has 188 valence electrons. The van der Waals surface area contributed by atoms with Crippen LogP contribution in [0.25, 0.3) is 0 Å². The van der Waals surface area contributed by atoms with Crippen LogP contribution in [0.2, 0.25) is 0 Å². The number of fused-ring (bicyclic) bond motifs is 7. The van der Waals surface area contributed by atoms with Crippen LogP contribution in [-0.2, 0) is 4.79 Å². The first-order chi connectivity index (χ1) is 15.1. The number of rotatable bonds is 2. The zero-order valence-corrected chi connectivity index (χ0v) is 22.5. The lowest BCUT2D eigenvalue weighted by molar-refractivity contribution is -0.251. The van der Waals surface area contributed by atoms with Gasteiger partial charge in [0.1, 0.15) is 0 Å². The van der Waals surface area contributed by atoms with Crippen molar-refractivity contribution >= 4 is 5.97 Å². The molecule has 5 fully saturated rings. The zero-order valence-electron chi connectivity index (χ0n) is 22.5. The van der Waals surface area contributed by atoms with Gasteiger partial charge in [-0.3, -0.25) is 4.79 Å². The van der Waals surface area contributed by atoms with Gasteiger partial charge in [0.05, 0.1) is 11.0 Å². The first kappa shape index (κ1) is 24.1. The van der Waals surface area contributed by atoms with Gasteiger partial charge in [-0.1, -0.05) is 41.0 Å². The minimum absolute atomic E-state index is 0.0406. The number of hydrogen-bond donors (Lipinski definition) is 2. The van der Waals surface area contributed by atoms with Crippen molar-refractivity contribution in [1.29, 1.82) is 0 Å². The van der Waals surface area contributed by atoms with Crippen molar-refractivity contribution in [2.45, 2.75) is 125 Å². The van der Waals surface area contributed by atoms with Gasteiger partial charge in [0.2, 0.25) is 0 Å². The topological polar surface area (TPSA) is 57.5 Å². The minimum atomic E-state index is -0.675. The van der Waals surface area contributed by atoms with Gasteiger partial charge in [-0.15, -0.1) is 0 Å². The van der Waals surface area contributed by atoms with E-state index in [1.165, 1.54) is 32.1 Å². The summed E-state index contributed by atoms with van der Waals surface area (Å²) in [6, 6.07) is 0. The molecule has 0 aromatic rings. The van der Waals surface area contributed by atoms with Crippen molar-refractivity contribution in [3.63, 3.8) is 0 Å². The number of carbonyl (C=O) groups is 1. The Hall–Kier alpha value is -0.570. The molecule has 2 N–H and O–H groups in total. The summed E-state index contributed by atoms with van der Waals surface area (Å²) in [4.78, 5) is 13.5. The highest BCUT2D eigenvalue weighted by Gasteiger charge is 2.74. The van der Waals surface area contributed by atoms with Crippen LogP contribution in [0.15, 0.2) is 0 Å². The van der Waals surface area contributed by atoms with Gasteiger partial charge in [0, 0.05) is 0 Å². The smallest absolute Gasteiger partial charge is 0.310 e. The molecule has 0 aliphatic heterocycles. The molecule has 33 heavy (non-hydrogen) atoms. The Bertz CT molecular complexity index is 825. The van der Waals surface area contributed by atoms with Crippen molar-refractivity contribution in [2.24, 2.45) is 56.7 Å². The largest absolute Gasteiger partial charge is 0.481 e. The molecular formula is C30H50O3.